The van der Waals surface area contributed by atoms with Crippen molar-refractivity contribution in [2.24, 2.45) is 0 Å². The van der Waals surface area contributed by atoms with Crippen LogP contribution in [0.3, 0.4) is 0 Å². The van der Waals surface area contributed by atoms with Gasteiger partial charge in [-0.15, -0.1) is 0 Å². The van der Waals surface area contributed by atoms with Crippen molar-refractivity contribution in [3.05, 3.63) is 64.9 Å². The molecule has 11 heteroatoms. The maximum Gasteiger partial charge on any atom is 0.440 e. The van der Waals surface area contributed by atoms with E-state index >= 15 is 0 Å². The number of benzene rings is 2. The summed E-state index contributed by atoms with van der Waals surface area (Å²) < 4.78 is 55.4. The fraction of sp³-hybridized carbons (Fsp3) is 0.118. The molecule has 0 spiro atoms. The number of imide groups is 1. The topological polar surface area (TPSA) is 78.5 Å². The summed E-state index contributed by atoms with van der Waals surface area (Å²) in [6.45, 7) is 0. The van der Waals surface area contributed by atoms with E-state index in [1.165, 1.54) is 41.0 Å². The average Bonchev–Trinajstić information content (AvgIpc) is 2.87. The number of carbonyl (C=O) groups is 3. The molecule has 1 heterocycles. The molecule has 1 fully saturated rings. The van der Waals surface area contributed by atoms with E-state index in [9.17, 15) is 31.9 Å². The average molecular weight is 416 g/mol. The summed E-state index contributed by atoms with van der Waals surface area (Å²) in [7, 11) is 0. The normalized spacial score (nSPS) is 19.5. The van der Waals surface area contributed by atoms with Gasteiger partial charge in [-0.05, 0) is 24.3 Å². The van der Waals surface area contributed by atoms with E-state index in [2.05, 4.69) is 0 Å². The molecule has 1 atom stereocenters. The Morgan fingerprint density at radius 2 is 1.68 bits per heavy atom. The third kappa shape index (κ3) is 3.05. The Morgan fingerprint density at radius 3 is 2.29 bits per heavy atom. The number of hydrogen-bond donors (Lipinski definition) is 2. The first-order chi connectivity index (χ1) is 13.1. The second kappa shape index (κ2) is 6.79. The van der Waals surface area contributed by atoms with Gasteiger partial charge >= 0.3 is 12.2 Å². The molecule has 146 valence electrons. The SMILES string of the molecule is O=C(N[C@@]1(C(F)(F)F)NC(=O)N(c2ccccc2F)C1=O)c1ccccc1Cl. The fourth-order valence-corrected chi connectivity index (χ4v) is 2.83. The van der Waals surface area contributed by atoms with Gasteiger partial charge in [-0.25, -0.2) is 14.1 Å². The molecular formula is C17H10ClF4N3O3. The molecule has 2 aromatic carbocycles. The Balaban J connectivity index is 2.05. The van der Waals surface area contributed by atoms with E-state index in [1.54, 1.807) is 0 Å². The lowest BCUT2D eigenvalue weighted by atomic mass is 10.1. The molecule has 3 rings (SSSR count). The first kappa shape index (κ1) is 19.6. The highest BCUT2D eigenvalue weighted by Crippen LogP contribution is 2.36. The number of halogens is 5. The van der Waals surface area contributed by atoms with Gasteiger partial charge in [0.1, 0.15) is 5.82 Å². The minimum absolute atomic E-state index is 0.0182. The molecule has 1 saturated heterocycles. The molecule has 1 aliphatic rings. The zero-order valence-corrected chi connectivity index (χ0v) is 14.4. The maximum atomic E-state index is 14.0. The van der Waals surface area contributed by atoms with Crippen LogP contribution in [0, 0.1) is 5.82 Å². The van der Waals surface area contributed by atoms with Crippen molar-refractivity contribution >= 4 is 35.1 Å². The first-order valence-electron chi connectivity index (χ1n) is 7.63. The standard InChI is InChI=1S/C17H10ClF4N3O3/c18-10-6-2-1-5-9(10)13(26)23-16(17(20,21)22)14(27)25(15(28)24-16)12-8-4-3-7-11(12)19/h1-8H,(H,23,26)(H,24,28)/t16-/m1/s1. The molecule has 0 radical (unpaired) electrons. The van der Waals surface area contributed by atoms with E-state index in [-0.39, 0.29) is 15.5 Å². The number of carbonyl (C=O) groups excluding carboxylic acids is 3. The minimum Gasteiger partial charge on any atom is -0.314 e. The summed E-state index contributed by atoms with van der Waals surface area (Å²) >= 11 is 5.80. The lowest BCUT2D eigenvalue weighted by Gasteiger charge is -2.30. The second-order valence-corrected chi connectivity index (χ2v) is 6.11. The van der Waals surface area contributed by atoms with E-state index in [0.717, 1.165) is 18.2 Å². The van der Waals surface area contributed by atoms with Gasteiger partial charge in [0, 0.05) is 0 Å². The van der Waals surface area contributed by atoms with Crippen LogP contribution in [0.5, 0.6) is 0 Å². The van der Waals surface area contributed by atoms with Crippen LogP contribution >= 0.6 is 11.6 Å². The summed E-state index contributed by atoms with van der Waals surface area (Å²) in [6, 6.07) is 7.92. The van der Waals surface area contributed by atoms with Crippen molar-refractivity contribution in [1.82, 2.24) is 10.6 Å². The van der Waals surface area contributed by atoms with Crippen LogP contribution < -0.4 is 15.5 Å². The van der Waals surface area contributed by atoms with Gasteiger partial charge in [-0.3, -0.25) is 14.9 Å². The number of para-hydroxylation sites is 1. The fourth-order valence-electron chi connectivity index (χ4n) is 2.61. The molecule has 0 aromatic heterocycles. The lowest BCUT2D eigenvalue weighted by Crippen LogP contribution is -2.69. The maximum absolute atomic E-state index is 14.0. The number of hydrogen-bond acceptors (Lipinski definition) is 3. The van der Waals surface area contributed by atoms with Crippen molar-refractivity contribution in [3.63, 3.8) is 0 Å². The molecule has 4 amide bonds. The summed E-state index contributed by atoms with van der Waals surface area (Å²) in [5, 5.41) is 2.75. The van der Waals surface area contributed by atoms with Gasteiger partial charge in [-0.1, -0.05) is 35.9 Å². The van der Waals surface area contributed by atoms with Crippen LogP contribution in [0.15, 0.2) is 48.5 Å². The molecule has 1 aliphatic heterocycles. The van der Waals surface area contributed by atoms with Crippen LogP contribution in [0.25, 0.3) is 0 Å². The quantitative estimate of drug-likeness (QED) is 0.597. The summed E-state index contributed by atoms with van der Waals surface area (Å²) in [5.74, 6) is -4.36. The highest BCUT2D eigenvalue weighted by Gasteiger charge is 2.69. The molecule has 0 unspecified atom stereocenters. The predicted molar refractivity (Wildman–Crippen MR) is 90.1 cm³/mol. The number of rotatable bonds is 3. The first-order valence-corrected chi connectivity index (χ1v) is 8.01. The highest BCUT2D eigenvalue weighted by molar-refractivity contribution is 6.34. The van der Waals surface area contributed by atoms with Gasteiger partial charge in [-0.2, -0.15) is 13.2 Å². The third-order valence-electron chi connectivity index (χ3n) is 3.96. The Hall–Kier alpha value is -3.14. The summed E-state index contributed by atoms with van der Waals surface area (Å²) in [6.07, 6.45) is -5.43. The lowest BCUT2D eigenvalue weighted by molar-refractivity contribution is -0.197. The Labute approximate surface area is 160 Å². The van der Waals surface area contributed by atoms with Crippen LogP contribution in [0.2, 0.25) is 5.02 Å². The Morgan fingerprint density at radius 1 is 1.07 bits per heavy atom. The molecule has 6 nitrogen and oxygen atoms in total. The van der Waals surface area contributed by atoms with Crippen LogP contribution in [-0.4, -0.2) is 29.7 Å². The molecule has 0 bridgehead atoms. The summed E-state index contributed by atoms with van der Waals surface area (Å²) in [5.41, 5.74) is -4.83. The van der Waals surface area contributed by atoms with Crippen LogP contribution in [0.4, 0.5) is 28.0 Å². The van der Waals surface area contributed by atoms with Gasteiger partial charge in [0.2, 0.25) is 0 Å². The van der Waals surface area contributed by atoms with E-state index in [1.807, 2.05) is 0 Å². The van der Waals surface area contributed by atoms with Crippen molar-refractivity contribution in [3.8, 4) is 0 Å². The number of amides is 4. The van der Waals surface area contributed by atoms with E-state index in [0.29, 0.717) is 0 Å². The summed E-state index contributed by atoms with van der Waals surface area (Å²) in [4.78, 5) is 37.1. The Kier molecular flexibility index (Phi) is 4.76. The smallest absolute Gasteiger partial charge is 0.314 e. The highest BCUT2D eigenvalue weighted by atomic mass is 35.5. The second-order valence-electron chi connectivity index (χ2n) is 5.70. The van der Waals surface area contributed by atoms with Gasteiger partial charge in [0.25, 0.3) is 17.5 Å². The predicted octanol–water partition coefficient (Wildman–Crippen LogP) is 3.22. The third-order valence-corrected chi connectivity index (χ3v) is 4.29. The number of anilines is 1. The zero-order chi connectivity index (χ0) is 20.7. The Bertz CT molecular complexity index is 982. The number of alkyl halides is 3. The van der Waals surface area contributed by atoms with E-state index < -0.39 is 41.2 Å². The zero-order valence-electron chi connectivity index (χ0n) is 13.7. The van der Waals surface area contributed by atoms with Crippen molar-refractivity contribution in [2.45, 2.75) is 11.8 Å². The van der Waals surface area contributed by atoms with Gasteiger partial charge in [0.05, 0.1) is 16.3 Å². The number of nitrogens with one attached hydrogen (secondary N) is 2. The van der Waals surface area contributed by atoms with Gasteiger partial charge < -0.3 is 5.32 Å². The van der Waals surface area contributed by atoms with Crippen LogP contribution in [0.1, 0.15) is 10.4 Å². The molecule has 2 aromatic rings. The van der Waals surface area contributed by atoms with Crippen molar-refractivity contribution in [2.75, 3.05) is 4.90 Å². The molecule has 0 aliphatic carbocycles. The largest absolute Gasteiger partial charge is 0.440 e. The van der Waals surface area contributed by atoms with Gasteiger partial charge in [0.15, 0.2) is 0 Å². The molecular weight excluding hydrogens is 406 g/mol. The van der Waals surface area contributed by atoms with Crippen LogP contribution in [-0.2, 0) is 4.79 Å². The number of nitrogens with zero attached hydrogens (tertiary/aromatic N) is 1. The number of urea groups is 1. The van der Waals surface area contributed by atoms with Crippen molar-refractivity contribution < 1.29 is 31.9 Å². The van der Waals surface area contributed by atoms with E-state index in [4.69, 9.17) is 11.6 Å². The molecule has 28 heavy (non-hydrogen) atoms. The minimum atomic E-state index is -5.43. The van der Waals surface area contributed by atoms with Crippen molar-refractivity contribution in [1.29, 1.82) is 0 Å². The molecule has 2 N–H and O–H groups in total. The monoisotopic (exact) mass is 415 g/mol. The molecule has 0 saturated carbocycles.